The van der Waals surface area contributed by atoms with Crippen LogP contribution < -0.4 is 14.8 Å². The van der Waals surface area contributed by atoms with Gasteiger partial charge in [0, 0.05) is 6.04 Å². The van der Waals surface area contributed by atoms with Crippen LogP contribution in [0.4, 0.5) is 0 Å². The monoisotopic (exact) mass is 333 g/mol. The molecule has 1 fully saturated rings. The SMILES string of the molecule is CCCCNC1CCCCC1CCCc1ccc(OC)c(OC)c1. The van der Waals surface area contributed by atoms with E-state index in [1.54, 1.807) is 14.2 Å². The van der Waals surface area contributed by atoms with Gasteiger partial charge in [0.05, 0.1) is 14.2 Å². The summed E-state index contributed by atoms with van der Waals surface area (Å²) in [5.74, 6) is 2.51. The van der Waals surface area contributed by atoms with Crippen molar-refractivity contribution in [3.63, 3.8) is 0 Å². The predicted molar refractivity (Wildman–Crippen MR) is 101 cm³/mol. The van der Waals surface area contributed by atoms with Crippen molar-refractivity contribution in [3.8, 4) is 11.5 Å². The van der Waals surface area contributed by atoms with Gasteiger partial charge in [-0.15, -0.1) is 0 Å². The third-order valence-electron chi connectivity index (χ3n) is 5.33. The molecule has 1 aromatic rings. The third-order valence-corrected chi connectivity index (χ3v) is 5.33. The molecule has 1 aliphatic rings. The molecule has 0 bridgehead atoms. The molecule has 0 saturated heterocycles. The van der Waals surface area contributed by atoms with Crippen LogP contribution in [0.2, 0.25) is 0 Å². The molecule has 24 heavy (non-hydrogen) atoms. The van der Waals surface area contributed by atoms with Gasteiger partial charge in [-0.25, -0.2) is 0 Å². The number of benzene rings is 1. The first-order valence-corrected chi connectivity index (χ1v) is 9.72. The van der Waals surface area contributed by atoms with E-state index in [-0.39, 0.29) is 0 Å². The number of nitrogens with one attached hydrogen (secondary N) is 1. The molecule has 2 rings (SSSR count). The van der Waals surface area contributed by atoms with Gasteiger partial charge < -0.3 is 14.8 Å². The molecule has 0 radical (unpaired) electrons. The molecule has 0 aromatic heterocycles. The van der Waals surface area contributed by atoms with Crippen LogP contribution in [-0.4, -0.2) is 26.8 Å². The van der Waals surface area contributed by atoms with E-state index in [2.05, 4.69) is 24.4 Å². The highest BCUT2D eigenvalue weighted by Crippen LogP contribution is 2.31. The quantitative estimate of drug-likeness (QED) is 0.613. The molecule has 0 aliphatic heterocycles. The van der Waals surface area contributed by atoms with Crippen molar-refractivity contribution in [2.45, 2.75) is 70.8 Å². The van der Waals surface area contributed by atoms with Crippen LogP contribution in [0.25, 0.3) is 0 Å². The summed E-state index contributed by atoms with van der Waals surface area (Å²) in [4.78, 5) is 0. The predicted octanol–water partition coefficient (Wildman–Crippen LogP) is 4.98. The number of methoxy groups -OCH3 is 2. The molecule has 1 aliphatic carbocycles. The molecule has 0 heterocycles. The normalized spacial score (nSPS) is 20.8. The van der Waals surface area contributed by atoms with E-state index in [4.69, 9.17) is 9.47 Å². The lowest BCUT2D eigenvalue weighted by Gasteiger charge is -2.32. The topological polar surface area (TPSA) is 30.5 Å². The zero-order valence-electron chi connectivity index (χ0n) is 15.8. The first-order chi connectivity index (χ1) is 11.8. The van der Waals surface area contributed by atoms with E-state index >= 15 is 0 Å². The van der Waals surface area contributed by atoms with Crippen molar-refractivity contribution >= 4 is 0 Å². The van der Waals surface area contributed by atoms with Gasteiger partial charge in [0.1, 0.15) is 0 Å². The molecule has 0 spiro atoms. The molecule has 3 heteroatoms. The van der Waals surface area contributed by atoms with Crippen molar-refractivity contribution in [2.75, 3.05) is 20.8 Å². The Morgan fingerprint density at radius 1 is 1.04 bits per heavy atom. The second-order valence-electron chi connectivity index (χ2n) is 7.04. The summed E-state index contributed by atoms with van der Waals surface area (Å²) >= 11 is 0. The molecule has 1 saturated carbocycles. The van der Waals surface area contributed by atoms with Gasteiger partial charge in [0.2, 0.25) is 0 Å². The van der Waals surface area contributed by atoms with E-state index in [1.807, 2.05) is 6.07 Å². The fourth-order valence-corrected chi connectivity index (χ4v) is 3.89. The zero-order chi connectivity index (χ0) is 17.2. The van der Waals surface area contributed by atoms with E-state index in [0.717, 1.165) is 29.9 Å². The molecule has 3 nitrogen and oxygen atoms in total. The minimum absolute atomic E-state index is 0.746. The molecule has 2 unspecified atom stereocenters. The lowest BCUT2D eigenvalue weighted by atomic mass is 9.81. The van der Waals surface area contributed by atoms with Crippen molar-refractivity contribution in [1.29, 1.82) is 0 Å². The van der Waals surface area contributed by atoms with Crippen LogP contribution in [-0.2, 0) is 6.42 Å². The Morgan fingerprint density at radius 2 is 1.83 bits per heavy atom. The van der Waals surface area contributed by atoms with Crippen molar-refractivity contribution < 1.29 is 9.47 Å². The maximum Gasteiger partial charge on any atom is 0.160 e. The van der Waals surface area contributed by atoms with E-state index in [9.17, 15) is 0 Å². The van der Waals surface area contributed by atoms with E-state index in [1.165, 1.54) is 63.5 Å². The molecule has 1 N–H and O–H groups in total. The van der Waals surface area contributed by atoms with E-state index < -0.39 is 0 Å². The number of hydrogen-bond acceptors (Lipinski definition) is 3. The number of rotatable bonds is 10. The van der Waals surface area contributed by atoms with Crippen molar-refractivity contribution in [1.82, 2.24) is 5.32 Å². The number of ether oxygens (including phenoxy) is 2. The summed E-state index contributed by atoms with van der Waals surface area (Å²) in [6.45, 7) is 3.45. The minimum atomic E-state index is 0.746. The van der Waals surface area contributed by atoms with Gasteiger partial charge >= 0.3 is 0 Å². The van der Waals surface area contributed by atoms with Gasteiger partial charge in [-0.05, 0) is 68.7 Å². The number of hydrogen-bond donors (Lipinski definition) is 1. The fourth-order valence-electron chi connectivity index (χ4n) is 3.89. The summed E-state index contributed by atoms with van der Waals surface area (Å²) in [5, 5.41) is 3.82. The van der Waals surface area contributed by atoms with Crippen molar-refractivity contribution in [2.24, 2.45) is 5.92 Å². The van der Waals surface area contributed by atoms with Crippen LogP contribution >= 0.6 is 0 Å². The summed E-state index contributed by atoms with van der Waals surface area (Å²) in [7, 11) is 3.39. The Balaban J connectivity index is 1.81. The van der Waals surface area contributed by atoms with Gasteiger partial charge in [-0.2, -0.15) is 0 Å². The molecular weight excluding hydrogens is 298 g/mol. The maximum absolute atomic E-state index is 5.41. The Hall–Kier alpha value is -1.22. The summed E-state index contributed by atoms with van der Waals surface area (Å²) in [5.41, 5.74) is 1.35. The summed E-state index contributed by atoms with van der Waals surface area (Å²) < 4.78 is 10.7. The second-order valence-corrected chi connectivity index (χ2v) is 7.04. The van der Waals surface area contributed by atoms with Gasteiger partial charge in [-0.1, -0.05) is 32.3 Å². The summed E-state index contributed by atoms with van der Waals surface area (Å²) in [6.07, 6.45) is 11.9. The van der Waals surface area contributed by atoms with Gasteiger partial charge in [0.15, 0.2) is 11.5 Å². The Kier molecular flexibility index (Phi) is 8.44. The number of unbranched alkanes of at least 4 members (excludes halogenated alkanes) is 1. The summed E-state index contributed by atoms with van der Waals surface area (Å²) in [6, 6.07) is 7.05. The van der Waals surface area contributed by atoms with Crippen LogP contribution in [0.5, 0.6) is 11.5 Å². The highest BCUT2D eigenvalue weighted by atomic mass is 16.5. The largest absolute Gasteiger partial charge is 0.493 e. The molecule has 0 amide bonds. The van der Waals surface area contributed by atoms with Crippen LogP contribution in [0.3, 0.4) is 0 Å². The lowest BCUT2D eigenvalue weighted by Crippen LogP contribution is -2.39. The van der Waals surface area contributed by atoms with Crippen molar-refractivity contribution in [3.05, 3.63) is 23.8 Å². The maximum atomic E-state index is 5.41. The average molecular weight is 334 g/mol. The standard InChI is InChI=1S/C21H35NO2/c1-4-5-15-22-19-12-7-6-10-18(19)11-8-9-17-13-14-20(23-2)21(16-17)24-3/h13-14,16,18-19,22H,4-12,15H2,1-3H3. The minimum Gasteiger partial charge on any atom is -0.493 e. The fraction of sp³-hybridized carbons (Fsp3) is 0.714. The highest BCUT2D eigenvalue weighted by Gasteiger charge is 2.23. The first kappa shape index (κ1) is 19.1. The van der Waals surface area contributed by atoms with E-state index in [0.29, 0.717) is 0 Å². The molecular formula is C21H35NO2. The average Bonchev–Trinajstić information content (AvgIpc) is 2.63. The smallest absolute Gasteiger partial charge is 0.160 e. The zero-order valence-corrected chi connectivity index (χ0v) is 15.8. The first-order valence-electron chi connectivity index (χ1n) is 9.72. The van der Waals surface area contributed by atoms with Crippen LogP contribution in [0.15, 0.2) is 18.2 Å². The Bertz CT molecular complexity index is 475. The Labute approximate surface area is 148 Å². The molecule has 1 aromatic carbocycles. The molecule has 2 atom stereocenters. The van der Waals surface area contributed by atoms with Gasteiger partial charge in [0.25, 0.3) is 0 Å². The molecule has 136 valence electrons. The highest BCUT2D eigenvalue weighted by molar-refractivity contribution is 5.42. The number of aryl methyl sites for hydroxylation is 1. The lowest BCUT2D eigenvalue weighted by molar-refractivity contribution is 0.245. The second kappa shape index (κ2) is 10.6. The van der Waals surface area contributed by atoms with Crippen LogP contribution in [0.1, 0.15) is 63.9 Å². The third kappa shape index (κ3) is 5.70. The van der Waals surface area contributed by atoms with Gasteiger partial charge in [-0.3, -0.25) is 0 Å². The van der Waals surface area contributed by atoms with Crippen LogP contribution in [0, 0.1) is 5.92 Å². The Morgan fingerprint density at radius 3 is 2.58 bits per heavy atom.